The maximum Gasteiger partial charge on any atom is 0.283 e. The summed E-state index contributed by atoms with van der Waals surface area (Å²) in [6.45, 7) is 1.26. The zero-order valence-corrected chi connectivity index (χ0v) is 18.2. The smallest absolute Gasteiger partial charge is 0.283 e. The van der Waals surface area contributed by atoms with Crippen molar-refractivity contribution < 1.29 is 19.6 Å². The van der Waals surface area contributed by atoms with Gasteiger partial charge in [-0.3, -0.25) is 19.7 Å². The maximum absolute atomic E-state index is 12.5. The number of amides is 1. The molecule has 1 aromatic carbocycles. The molecule has 0 unspecified atom stereocenters. The molecule has 168 valence electrons. The summed E-state index contributed by atoms with van der Waals surface area (Å²) in [6.07, 6.45) is 1.24. The molecule has 1 aromatic heterocycles. The van der Waals surface area contributed by atoms with Crippen molar-refractivity contribution >= 4 is 29.6 Å². The summed E-state index contributed by atoms with van der Waals surface area (Å²) in [5.74, 6) is -0.289. The number of aliphatic hydroxyl groups is 1. The molecule has 32 heavy (non-hydrogen) atoms. The minimum atomic E-state index is -0.612. The average molecular weight is 459 g/mol. The Hall–Kier alpha value is -3.53. The molecule has 0 spiro atoms. The number of nitro benzene ring substituents is 1. The minimum Gasteiger partial charge on any atom is -0.396 e. The highest BCUT2D eigenvalue weighted by Gasteiger charge is 2.16. The molecule has 2 N–H and O–H groups in total. The predicted octanol–water partition coefficient (Wildman–Crippen LogP) is 1.32. The molecule has 2 rings (SSSR count). The SMILES string of the molecule is COCc1cc(C)n(CC(=O)NN=Cc2ccc(SCCO)c([N+](=O)[O-])c2)c(=O)c1C#N. The van der Waals surface area contributed by atoms with Gasteiger partial charge in [0.05, 0.1) is 29.2 Å². The number of carbonyl (C=O) groups is 1. The number of thioether (sulfide) groups is 1. The number of methoxy groups -OCH3 is 1. The van der Waals surface area contributed by atoms with E-state index in [0.717, 1.165) is 16.3 Å². The van der Waals surface area contributed by atoms with Crippen molar-refractivity contribution in [1.29, 1.82) is 5.26 Å². The molecule has 0 radical (unpaired) electrons. The molecule has 0 saturated heterocycles. The van der Waals surface area contributed by atoms with E-state index in [1.54, 1.807) is 19.1 Å². The Morgan fingerprint density at radius 1 is 1.47 bits per heavy atom. The van der Waals surface area contributed by atoms with E-state index >= 15 is 0 Å². The van der Waals surface area contributed by atoms with E-state index in [9.17, 15) is 25.0 Å². The Balaban J connectivity index is 2.14. The number of pyridine rings is 1. The lowest BCUT2D eigenvalue weighted by Gasteiger charge is -2.12. The quantitative estimate of drug-likeness (QED) is 0.233. The number of hydrogen-bond acceptors (Lipinski definition) is 9. The molecule has 11 nitrogen and oxygen atoms in total. The monoisotopic (exact) mass is 459 g/mol. The van der Waals surface area contributed by atoms with Crippen LogP contribution in [-0.4, -0.2) is 46.2 Å². The fraction of sp³-hybridized carbons (Fsp3) is 0.300. The highest BCUT2D eigenvalue weighted by Crippen LogP contribution is 2.29. The van der Waals surface area contributed by atoms with Crippen molar-refractivity contribution in [3.8, 4) is 6.07 Å². The molecule has 0 atom stereocenters. The second kappa shape index (κ2) is 11.8. The number of nitriles is 1. The topological polar surface area (TPSA) is 160 Å². The summed E-state index contributed by atoms with van der Waals surface area (Å²) >= 11 is 1.15. The lowest BCUT2D eigenvalue weighted by atomic mass is 10.1. The van der Waals surface area contributed by atoms with Crippen molar-refractivity contribution in [3.05, 3.63) is 67.1 Å². The third-order valence-corrected chi connectivity index (χ3v) is 5.28. The molecular formula is C20H21N5O6S. The molecule has 0 aliphatic rings. The van der Waals surface area contributed by atoms with Gasteiger partial charge in [0, 0.05) is 35.7 Å². The van der Waals surface area contributed by atoms with E-state index in [2.05, 4.69) is 10.5 Å². The summed E-state index contributed by atoms with van der Waals surface area (Å²) in [5, 5.41) is 33.2. The van der Waals surface area contributed by atoms with Gasteiger partial charge in [0.2, 0.25) is 0 Å². The van der Waals surface area contributed by atoms with Gasteiger partial charge in [-0.1, -0.05) is 6.07 Å². The van der Waals surface area contributed by atoms with Gasteiger partial charge < -0.3 is 14.4 Å². The van der Waals surface area contributed by atoms with Crippen LogP contribution in [0.25, 0.3) is 0 Å². The number of aryl methyl sites for hydroxylation is 1. The number of hydrazone groups is 1. The first-order valence-electron chi connectivity index (χ1n) is 9.28. The second-order valence-electron chi connectivity index (χ2n) is 6.47. The van der Waals surface area contributed by atoms with E-state index in [4.69, 9.17) is 9.84 Å². The Morgan fingerprint density at radius 2 is 2.22 bits per heavy atom. The molecule has 2 aromatic rings. The average Bonchev–Trinajstić information content (AvgIpc) is 2.76. The zero-order chi connectivity index (χ0) is 23.7. The summed E-state index contributed by atoms with van der Waals surface area (Å²) in [4.78, 5) is 35.9. The molecule has 12 heteroatoms. The lowest BCUT2D eigenvalue weighted by molar-refractivity contribution is -0.387. The van der Waals surface area contributed by atoms with Gasteiger partial charge >= 0.3 is 0 Å². The second-order valence-corrected chi connectivity index (χ2v) is 7.61. The Morgan fingerprint density at radius 3 is 2.84 bits per heavy atom. The van der Waals surface area contributed by atoms with E-state index in [1.807, 2.05) is 6.07 Å². The summed E-state index contributed by atoms with van der Waals surface area (Å²) < 4.78 is 6.15. The minimum absolute atomic E-state index is 0.0970. The van der Waals surface area contributed by atoms with Crippen molar-refractivity contribution in [3.63, 3.8) is 0 Å². The highest BCUT2D eigenvalue weighted by atomic mass is 32.2. The molecule has 1 heterocycles. The molecular weight excluding hydrogens is 438 g/mol. The first kappa shape index (κ1) is 24.7. The van der Waals surface area contributed by atoms with Crippen molar-refractivity contribution in [2.24, 2.45) is 5.10 Å². The van der Waals surface area contributed by atoms with Gasteiger partial charge in [-0.05, 0) is 19.1 Å². The maximum atomic E-state index is 12.5. The molecule has 0 aliphatic heterocycles. The van der Waals surface area contributed by atoms with E-state index in [1.165, 1.54) is 25.5 Å². The zero-order valence-electron chi connectivity index (χ0n) is 17.4. The first-order chi connectivity index (χ1) is 15.3. The Kier molecular flexibility index (Phi) is 9.08. The van der Waals surface area contributed by atoms with Crippen molar-refractivity contribution in [2.45, 2.75) is 25.0 Å². The number of aliphatic hydroxyl groups excluding tert-OH is 1. The largest absolute Gasteiger partial charge is 0.396 e. The lowest BCUT2D eigenvalue weighted by Crippen LogP contribution is -2.33. The van der Waals surface area contributed by atoms with Crippen molar-refractivity contribution in [1.82, 2.24) is 9.99 Å². The standard InChI is InChI=1S/C20H21N5O6S/c1-13-7-15(12-31-2)16(9-21)20(28)24(13)11-19(27)23-22-10-14-3-4-18(32-6-5-26)17(8-14)25(29)30/h3-4,7-8,10,26H,5-6,11-12H2,1-2H3,(H,23,27). The van der Waals surface area contributed by atoms with Gasteiger partial charge in [-0.2, -0.15) is 10.4 Å². The van der Waals surface area contributed by atoms with Gasteiger partial charge in [0.25, 0.3) is 17.2 Å². The Labute approximate surface area is 187 Å². The van der Waals surface area contributed by atoms with Crippen LogP contribution in [-0.2, 0) is 22.7 Å². The third kappa shape index (κ3) is 6.24. The highest BCUT2D eigenvalue weighted by molar-refractivity contribution is 7.99. The van der Waals surface area contributed by atoms with Gasteiger partial charge in [0.15, 0.2) is 0 Å². The van der Waals surface area contributed by atoms with Crippen molar-refractivity contribution in [2.75, 3.05) is 19.5 Å². The van der Waals surface area contributed by atoms with E-state index in [0.29, 0.717) is 27.5 Å². The summed E-state index contributed by atoms with van der Waals surface area (Å²) in [7, 11) is 1.45. The van der Waals surface area contributed by atoms with Gasteiger partial charge in [-0.25, -0.2) is 5.43 Å². The normalized spacial score (nSPS) is 10.8. The van der Waals surface area contributed by atoms with Gasteiger partial charge in [0.1, 0.15) is 18.2 Å². The van der Waals surface area contributed by atoms with Gasteiger partial charge in [-0.15, -0.1) is 11.8 Å². The number of nitro groups is 1. The predicted molar refractivity (Wildman–Crippen MR) is 118 cm³/mol. The molecule has 0 aliphatic carbocycles. The number of carbonyl (C=O) groups excluding carboxylic acids is 1. The molecule has 0 bridgehead atoms. The van der Waals surface area contributed by atoms with E-state index in [-0.39, 0.29) is 31.0 Å². The fourth-order valence-electron chi connectivity index (χ4n) is 2.81. The number of ether oxygens (including phenoxy) is 1. The van der Waals surface area contributed by atoms with Crippen LogP contribution in [0.2, 0.25) is 0 Å². The van der Waals surface area contributed by atoms with Crippen LogP contribution in [0.15, 0.2) is 39.1 Å². The third-order valence-electron chi connectivity index (χ3n) is 4.23. The first-order valence-corrected chi connectivity index (χ1v) is 10.3. The molecule has 0 saturated carbocycles. The van der Waals surface area contributed by atoms with Crippen LogP contribution in [0.5, 0.6) is 0 Å². The summed E-state index contributed by atoms with van der Waals surface area (Å²) in [5.41, 5.74) is 2.72. The molecule has 1 amide bonds. The van der Waals surface area contributed by atoms with Crippen LogP contribution < -0.4 is 11.0 Å². The number of nitrogens with one attached hydrogen (secondary N) is 1. The Bertz CT molecular complexity index is 1140. The van der Waals surface area contributed by atoms with Crippen LogP contribution >= 0.6 is 11.8 Å². The van der Waals surface area contributed by atoms with Crippen LogP contribution in [0.1, 0.15) is 22.4 Å². The fourth-order valence-corrected chi connectivity index (χ4v) is 3.57. The van der Waals surface area contributed by atoms with Crippen LogP contribution in [0.4, 0.5) is 5.69 Å². The number of aromatic nitrogens is 1. The number of benzene rings is 1. The van der Waals surface area contributed by atoms with E-state index < -0.39 is 16.4 Å². The number of nitrogens with zero attached hydrogens (tertiary/aromatic N) is 4. The number of hydrogen-bond donors (Lipinski definition) is 2. The number of rotatable bonds is 10. The summed E-state index contributed by atoms with van der Waals surface area (Å²) in [6, 6.07) is 7.88. The van der Waals surface area contributed by atoms with Crippen LogP contribution in [0.3, 0.4) is 0 Å². The van der Waals surface area contributed by atoms with Crippen LogP contribution in [0, 0.1) is 28.4 Å². The molecule has 0 fully saturated rings.